The Morgan fingerprint density at radius 1 is 1.14 bits per heavy atom. The van der Waals surface area contributed by atoms with Crippen molar-refractivity contribution in [3.63, 3.8) is 0 Å². The SMILES string of the molecule is CCOc1ccc(CN(C)Cn2cnc3c(=O)n(C)c(=O)n(C)c32)cc1OC. The van der Waals surface area contributed by atoms with E-state index in [0.29, 0.717) is 37.0 Å². The molecule has 1 aromatic carbocycles. The molecule has 150 valence electrons. The van der Waals surface area contributed by atoms with E-state index >= 15 is 0 Å². The summed E-state index contributed by atoms with van der Waals surface area (Å²) in [5.74, 6) is 1.40. The molecule has 0 unspecified atom stereocenters. The second-order valence-corrected chi connectivity index (χ2v) is 6.67. The number of ether oxygens (including phenoxy) is 2. The normalized spacial score (nSPS) is 11.4. The number of benzene rings is 1. The summed E-state index contributed by atoms with van der Waals surface area (Å²) >= 11 is 0. The van der Waals surface area contributed by atoms with E-state index in [1.807, 2.05) is 32.2 Å². The lowest BCUT2D eigenvalue weighted by atomic mass is 10.2. The average Bonchev–Trinajstić information content (AvgIpc) is 3.09. The smallest absolute Gasteiger partial charge is 0.332 e. The van der Waals surface area contributed by atoms with E-state index in [1.165, 1.54) is 11.6 Å². The maximum Gasteiger partial charge on any atom is 0.332 e. The van der Waals surface area contributed by atoms with Gasteiger partial charge in [0.05, 0.1) is 26.7 Å². The summed E-state index contributed by atoms with van der Waals surface area (Å²) in [6.07, 6.45) is 1.58. The number of hydrogen-bond donors (Lipinski definition) is 0. The molecule has 0 aliphatic rings. The van der Waals surface area contributed by atoms with Gasteiger partial charge in [-0.15, -0.1) is 0 Å². The molecule has 2 aromatic heterocycles. The predicted molar refractivity (Wildman–Crippen MR) is 106 cm³/mol. The van der Waals surface area contributed by atoms with Gasteiger partial charge in [-0.05, 0) is 31.7 Å². The van der Waals surface area contributed by atoms with Crippen LogP contribution in [0.4, 0.5) is 0 Å². The van der Waals surface area contributed by atoms with E-state index < -0.39 is 5.56 Å². The van der Waals surface area contributed by atoms with E-state index in [2.05, 4.69) is 9.88 Å². The molecular weight excluding hydrogens is 362 g/mol. The van der Waals surface area contributed by atoms with Crippen molar-refractivity contribution in [2.45, 2.75) is 20.1 Å². The molecule has 0 fully saturated rings. The largest absolute Gasteiger partial charge is 0.493 e. The highest BCUT2D eigenvalue weighted by molar-refractivity contribution is 5.69. The third-order valence-electron chi connectivity index (χ3n) is 4.58. The van der Waals surface area contributed by atoms with Crippen LogP contribution in [0.25, 0.3) is 11.2 Å². The number of methoxy groups -OCH3 is 1. The van der Waals surface area contributed by atoms with Crippen molar-refractivity contribution < 1.29 is 9.47 Å². The Labute approximate surface area is 162 Å². The Morgan fingerprint density at radius 2 is 1.89 bits per heavy atom. The van der Waals surface area contributed by atoms with Crippen molar-refractivity contribution in [1.29, 1.82) is 0 Å². The fourth-order valence-corrected chi connectivity index (χ4v) is 3.25. The standard InChI is InChI=1S/C19H25N5O4/c1-6-28-14-8-7-13(9-15(14)27-5)10-21(2)12-24-11-20-16-17(24)22(3)19(26)23(4)18(16)25/h7-9,11H,6,10,12H2,1-5H3. The van der Waals surface area contributed by atoms with Gasteiger partial charge >= 0.3 is 5.69 Å². The van der Waals surface area contributed by atoms with Crippen LogP contribution in [0.1, 0.15) is 12.5 Å². The van der Waals surface area contributed by atoms with E-state index in [1.54, 1.807) is 25.1 Å². The van der Waals surface area contributed by atoms with Gasteiger partial charge in [-0.3, -0.25) is 18.8 Å². The van der Waals surface area contributed by atoms with Crippen LogP contribution in [0.2, 0.25) is 0 Å². The first-order valence-electron chi connectivity index (χ1n) is 8.96. The number of nitrogens with zero attached hydrogens (tertiary/aromatic N) is 5. The zero-order valence-electron chi connectivity index (χ0n) is 16.8. The summed E-state index contributed by atoms with van der Waals surface area (Å²) in [4.78, 5) is 30.8. The number of imidazole rings is 1. The number of aromatic nitrogens is 4. The van der Waals surface area contributed by atoms with Crippen LogP contribution in [-0.2, 0) is 27.3 Å². The van der Waals surface area contributed by atoms with Gasteiger partial charge < -0.3 is 14.0 Å². The Kier molecular flexibility index (Phi) is 5.55. The Morgan fingerprint density at radius 3 is 2.57 bits per heavy atom. The van der Waals surface area contributed by atoms with Crippen molar-refractivity contribution in [2.24, 2.45) is 14.1 Å². The second kappa shape index (κ2) is 7.89. The molecule has 9 nitrogen and oxygen atoms in total. The van der Waals surface area contributed by atoms with Gasteiger partial charge in [-0.25, -0.2) is 9.78 Å². The molecule has 0 radical (unpaired) electrons. The summed E-state index contributed by atoms with van der Waals surface area (Å²) in [6.45, 7) is 3.60. The van der Waals surface area contributed by atoms with Gasteiger partial charge in [0, 0.05) is 20.6 Å². The van der Waals surface area contributed by atoms with Crippen molar-refractivity contribution in [2.75, 3.05) is 20.8 Å². The first-order chi connectivity index (χ1) is 13.4. The first-order valence-corrected chi connectivity index (χ1v) is 8.96. The third kappa shape index (κ3) is 3.53. The van der Waals surface area contributed by atoms with Crippen molar-refractivity contribution in [3.8, 4) is 11.5 Å². The Hall–Kier alpha value is -3.07. The van der Waals surface area contributed by atoms with E-state index in [9.17, 15) is 9.59 Å². The topological polar surface area (TPSA) is 83.5 Å². The van der Waals surface area contributed by atoms with Gasteiger partial charge in [0.15, 0.2) is 22.7 Å². The van der Waals surface area contributed by atoms with E-state index in [-0.39, 0.29) is 11.2 Å². The highest BCUT2D eigenvalue weighted by Crippen LogP contribution is 2.28. The van der Waals surface area contributed by atoms with Crippen LogP contribution in [0, 0.1) is 0 Å². The fourth-order valence-electron chi connectivity index (χ4n) is 3.25. The second-order valence-electron chi connectivity index (χ2n) is 6.67. The fraction of sp³-hybridized carbons (Fsp3) is 0.421. The molecule has 2 heterocycles. The number of fused-ring (bicyclic) bond motifs is 1. The summed E-state index contributed by atoms with van der Waals surface area (Å²) in [5.41, 5.74) is 1.07. The molecule has 3 rings (SSSR count). The molecule has 0 saturated carbocycles. The number of rotatable bonds is 7. The van der Waals surface area contributed by atoms with Gasteiger partial charge in [-0.1, -0.05) is 6.07 Å². The van der Waals surface area contributed by atoms with Crippen molar-refractivity contribution in [1.82, 2.24) is 23.6 Å². The molecule has 0 aliphatic heterocycles. The quantitative estimate of drug-likeness (QED) is 0.600. The summed E-state index contributed by atoms with van der Waals surface area (Å²) in [6, 6.07) is 5.83. The molecule has 28 heavy (non-hydrogen) atoms. The molecular formula is C19H25N5O4. The molecule has 9 heteroatoms. The lowest BCUT2D eigenvalue weighted by molar-refractivity contribution is 0.261. The molecule has 3 aromatic rings. The summed E-state index contributed by atoms with van der Waals surface area (Å²) in [5, 5.41) is 0. The lowest BCUT2D eigenvalue weighted by Gasteiger charge is -2.19. The zero-order chi connectivity index (χ0) is 20.4. The maximum absolute atomic E-state index is 12.3. The summed E-state index contributed by atoms with van der Waals surface area (Å²) in [7, 11) is 6.66. The van der Waals surface area contributed by atoms with Crippen LogP contribution >= 0.6 is 0 Å². The van der Waals surface area contributed by atoms with Crippen LogP contribution in [-0.4, -0.2) is 44.3 Å². The molecule has 0 aliphatic carbocycles. The van der Waals surface area contributed by atoms with Crippen LogP contribution in [0.15, 0.2) is 34.1 Å². The Bertz CT molecular complexity index is 1110. The molecule has 0 saturated heterocycles. The van der Waals surface area contributed by atoms with Crippen LogP contribution in [0.3, 0.4) is 0 Å². The molecule has 0 N–H and O–H groups in total. The molecule has 0 amide bonds. The average molecular weight is 387 g/mol. The molecule has 0 bridgehead atoms. The minimum atomic E-state index is -0.393. The third-order valence-corrected chi connectivity index (χ3v) is 4.58. The minimum absolute atomic E-state index is 0.278. The van der Waals surface area contributed by atoms with Gasteiger partial charge in [0.1, 0.15) is 0 Å². The van der Waals surface area contributed by atoms with Crippen LogP contribution in [0.5, 0.6) is 11.5 Å². The van der Waals surface area contributed by atoms with Crippen molar-refractivity contribution in [3.05, 3.63) is 50.9 Å². The Balaban J connectivity index is 1.85. The number of aryl methyl sites for hydroxylation is 1. The molecule has 0 atom stereocenters. The van der Waals surface area contributed by atoms with E-state index in [4.69, 9.17) is 9.47 Å². The van der Waals surface area contributed by atoms with Crippen LogP contribution < -0.4 is 20.7 Å². The highest BCUT2D eigenvalue weighted by Gasteiger charge is 2.15. The van der Waals surface area contributed by atoms with Crippen molar-refractivity contribution >= 4 is 11.2 Å². The monoisotopic (exact) mass is 387 g/mol. The maximum atomic E-state index is 12.3. The zero-order valence-corrected chi connectivity index (χ0v) is 16.8. The number of hydrogen-bond acceptors (Lipinski definition) is 6. The highest BCUT2D eigenvalue weighted by atomic mass is 16.5. The molecule has 0 spiro atoms. The summed E-state index contributed by atoms with van der Waals surface area (Å²) < 4.78 is 15.3. The lowest BCUT2D eigenvalue weighted by Crippen LogP contribution is -2.37. The first kappa shape index (κ1) is 19.7. The van der Waals surface area contributed by atoms with Gasteiger partial charge in [0.2, 0.25) is 0 Å². The van der Waals surface area contributed by atoms with E-state index in [0.717, 1.165) is 10.1 Å². The van der Waals surface area contributed by atoms with Gasteiger partial charge in [0.25, 0.3) is 5.56 Å². The minimum Gasteiger partial charge on any atom is -0.493 e. The predicted octanol–water partition coefficient (Wildman–Crippen LogP) is 0.930. The van der Waals surface area contributed by atoms with Gasteiger partial charge in [-0.2, -0.15) is 0 Å².